The summed E-state index contributed by atoms with van der Waals surface area (Å²) in [5.41, 5.74) is 1.73. The van der Waals surface area contributed by atoms with Gasteiger partial charge in [-0.1, -0.05) is 12.1 Å². The third-order valence-electron chi connectivity index (χ3n) is 3.63. The third-order valence-corrected chi connectivity index (χ3v) is 3.63. The molecule has 0 bridgehead atoms. The summed E-state index contributed by atoms with van der Waals surface area (Å²) in [4.78, 5) is 20.4. The highest BCUT2D eigenvalue weighted by Crippen LogP contribution is 2.25. The summed E-state index contributed by atoms with van der Waals surface area (Å²) in [6.07, 6.45) is 0. The zero-order valence-corrected chi connectivity index (χ0v) is 14.6. The van der Waals surface area contributed by atoms with E-state index in [4.69, 9.17) is 4.74 Å². The molecule has 0 saturated heterocycles. The lowest BCUT2D eigenvalue weighted by Crippen LogP contribution is -2.21. The summed E-state index contributed by atoms with van der Waals surface area (Å²) < 4.78 is 32.0. The van der Waals surface area contributed by atoms with Gasteiger partial charge < -0.3 is 15.4 Å². The second-order valence-electron chi connectivity index (χ2n) is 5.67. The van der Waals surface area contributed by atoms with Gasteiger partial charge in [-0.25, -0.2) is 13.6 Å². The van der Waals surface area contributed by atoms with Gasteiger partial charge in [0, 0.05) is 5.69 Å². The number of aromatic nitrogens is 2. The number of carbonyl (C=O) groups is 1. The summed E-state index contributed by atoms with van der Waals surface area (Å²) in [6, 6.07) is 10.7. The Balaban J connectivity index is 1.73. The van der Waals surface area contributed by atoms with Crippen molar-refractivity contribution in [1.29, 1.82) is 0 Å². The number of hydrogen-bond donors (Lipinski definition) is 2. The van der Waals surface area contributed by atoms with E-state index in [1.54, 1.807) is 26.0 Å². The van der Waals surface area contributed by atoms with Gasteiger partial charge in [-0.3, -0.25) is 0 Å². The van der Waals surface area contributed by atoms with Crippen LogP contribution in [0.1, 0.15) is 11.4 Å². The molecule has 2 N–H and O–H groups in total. The highest BCUT2D eigenvalue weighted by atomic mass is 19.1. The number of hydrogen-bond acceptors (Lipinski definition) is 4. The number of aryl methyl sites for hydroxylation is 2. The smallest absolute Gasteiger partial charge is 0.323 e. The molecule has 0 radical (unpaired) electrons. The fourth-order valence-corrected chi connectivity index (χ4v) is 2.35. The second kappa shape index (κ2) is 7.77. The van der Waals surface area contributed by atoms with E-state index in [9.17, 15) is 13.6 Å². The van der Waals surface area contributed by atoms with Crippen LogP contribution in [-0.4, -0.2) is 16.0 Å². The van der Waals surface area contributed by atoms with Crippen LogP contribution in [0.3, 0.4) is 0 Å². The number of benzene rings is 2. The molecule has 3 rings (SSSR count). The standard InChI is InChI=1S/C19H16F2N4O2/c1-11-17(25-18(26)24-14-9-7-13(20)8-10-14)12(2)23-19(22-11)27-16-6-4-3-5-15(16)21/h3-10H,1-2H3,(H2,24,25,26). The van der Waals surface area contributed by atoms with Gasteiger partial charge in [-0.05, 0) is 50.2 Å². The molecule has 0 aliphatic carbocycles. The van der Waals surface area contributed by atoms with Crippen molar-refractivity contribution in [3.63, 3.8) is 0 Å². The van der Waals surface area contributed by atoms with Gasteiger partial charge in [0.15, 0.2) is 11.6 Å². The Morgan fingerprint density at radius 1 is 0.926 bits per heavy atom. The molecule has 2 amide bonds. The van der Waals surface area contributed by atoms with E-state index in [0.717, 1.165) is 0 Å². The van der Waals surface area contributed by atoms with Crippen LogP contribution in [0.4, 0.5) is 25.0 Å². The minimum Gasteiger partial charge on any atom is -0.421 e. The van der Waals surface area contributed by atoms with Crippen molar-refractivity contribution in [3.8, 4) is 11.8 Å². The summed E-state index contributed by atoms with van der Waals surface area (Å²) in [7, 11) is 0. The minimum absolute atomic E-state index is 0.00561. The number of anilines is 2. The van der Waals surface area contributed by atoms with Crippen LogP contribution in [0.5, 0.6) is 11.8 Å². The van der Waals surface area contributed by atoms with Crippen molar-refractivity contribution < 1.29 is 18.3 Å². The van der Waals surface area contributed by atoms with E-state index in [-0.39, 0.29) is 11.8 Å². The number of nitrogens with one attached hydrogen (secondary N) is 2. The van der Waals surface area contributed by atoms with E-state index in [1.807, 2.05) is 0 Å². The normalized spacial score (nSPS) is 10.4. The maximum atomic E-state index is 13.7. The van der Waals surface area contributed by atoms with Crippen LogP contribution >= 0.6 is 0 Å². The van der Waals surface area contributed by atoms with Crippen molar-refractivity contribution >= 4 is 17.4 Å². The molecule has 0 aliphatic heterocycles. The SMILES string of the molecule is Cc1nc(Oc2ccccc2F)nc(C)c1NC(=O)Nc1ccc(F)cc1. The van der Waals surface area contributed by atoms with E-state index < -0.39 is 17.7 Å². The first kappa shape index (κ1) is 18.2. The number of carbonyl (C=O) groups excluding carboxylic acids is 1. The molecule has 1 heterocycles. The molecule has 27 heavy (non-hydrogen) atoms. The Morgan fingerprint density at radius 3 is 2.19 bits per heavy atom. The Labute approximate surface area is 154 Å². The van der Waals surface area contributed by atoms with E-state index in [0.29, 0.717) is 22.8 Å². The molecule has 0 aliphatic rings. The summed E-state index contributed by atoms with van der Waals surface area (Å²) in [5, 5.41) is 5.23. The molecule has 0 saturated carbocycles. The van der Waals surface area contributed by atoms with Crippen molar-refractivity contribution in [2.45, 2.75) is 13.8 Å². The number of halogens is 2. The van der Waals surface area contributed by atoms with Gasteiger partial charge in [0.2, 0.25) is 0 Å². The van der Waals surface area contributed by atoms with E-state index >= 15 is 0 Å². The maximum Gasteiger partial charge on any atom is 0.323 e. The first-order valence-corrected chi connectivity index (χ1v) is 8.03. The average molecular weight is 370 g/mol. The summed E-state index contributed by atoms with van der Waals surface area (Å²) >= 11 is 0. The number of nitrogens with zero attached hydrogens (tertiary/aromatic N) is 2. The molecular formula is C19H16F2N4O2. The largest absolute Gasteiger partial charge is 0.421 e. The number of urea groups is 1. The lowest BCUT2D eigenvalue weighted by molar-refractivity contribution is 0.262. The maximum absolute atomic E-state index is 13.7. The van der Waals surface area contributed by atoms with Gasteiger partial charge >= 0.3 is 12.0 Å². The van der Waals surface area contributed by atoms with Crippen LogP contribution < -0.4 is 15.4 Å². The van der Waals surface area contributed by atoms with Crippen molar-refractivity contribution in [2.75, 3.05) is 10.6 Å². The van der Waals surface area contributed by atoms with Crippen LogP contribution in [0.2, 0.25) is 0 Å². The summed E-state index contributed by atoms with van der Waals surface area (Å²) in [5.74, 6) is -0.921. The van der Waals surface area contributed by atoms with Crippen LogP contribution in [0, 0.1) is 25.5 Å². The summed E-state index contributed by atoms with van der Waals surface area (Å²) in [6.45, 7) is 3.33. The molecular weight excluding hydrogens is 354 g/mol. The topological polar surface area (TPSA) is 76.1 Å². The highest BCUT2D eigenvalue weighted by Gasteiger charge is 2.14. The molecule has 2 aromatic carbocycles. The predicted molar refractivity (Wildman–Crippen MR) is 97.0 cm³/mol. The lowest BCUT2D eigenvalue weighted by atomic mass is 10.3. The number of para-hydroxylation sites is 1. The Morgan fingerprint density at radius 2 is 1.56 bits per heavy atom. The molecule has 138 valence electrons. The molecule has 0 spiro atoms. The van der Waals surface area contributed by atoms with E-state index in [1.165, 1.54) is 36.4 Å². The van der Waals surface area contributed by atoms with Gasteiger partial charge in [0.1, 0.15) is 5.82 Å². The Kier molecular flexibility index (Phi) is 5.25. The first-order chi connectivity index (χ1) is 12.9. The second-order valence-corrected chi connectivity index (χ2v) is 5.67. The minimum atomic E-state index is -0.530. The van der Waals surface area contributed by atoms with E-state index in [2.05, 4.69) is 20.6 Å². The molecule has 0 unspecified atom stereocenters. The predicted octanol–water partition coefficient (Wildman–Crippen LogP) is 4.81. The zero-order chi connectivity index (χ0) is 19.4. The van der Waals surface area contributed by atoms with Crippen LogP contribution in [0.15, 0.2) is 48.5 Å². The first-order valence-electron chi connectivity index (χ1n) is 8.03. The number of ether oxygens (including phenoxy) is 1. The average Bonchev–Trinajstić information content (AvgIpc) is 2.62. The molecule has 8 heteroatoms. The third kappa shape index (κ3) is 4.55. The van der Waals surface area contributed by atoms with Crippen LogP contribution in [0.25, 0.3) is 0 Å². The molecule has 3 aromatic rings. The Bertz CT molecular complexity index is 955. The van der Waals surface area contributed by atoms with Gasteiger partial charge in [-0.2, -0.15) is 9.97 Å². The number of amides is 2. The molecule has 1 aromatic heterocycles. The van der Waals surface area contributed by atoms with Gasteiger partial charge in [0.25, 0.3) is 0 Å². The highest BCUT2D eigenvalue weighted by molar-refractivity contribution is 6.00. The fraction of sp³-hybridized carbons (Fsp3) is 0.105. The fourth-order valence-electron chi connectivity index (χ4n) is 2.35. The van der Waals surface area contributed by atoms with Gasteiger partial charge in [0.05, 0.1) is 17.1 Å². The van der Waals surface area contributed by atoms with Crippen molar-refractivity contribution in [1.82, 2.24) is 9.97 Å². The Hall–Kier alpha value is -3.55. The lowest BCUT2D eigenvalue weighted by Gasteiger charge is -2.13. The van der Waals surface area contributed by atoms with Gasteiger partial charge in [-0.15, -0.1) is 0 Å². The monoisotopic (exact) mass is 370 g/mol. The molecule has 0 fully saturated rings. The van der Waals surface area contributed by atoms with Crippen molar-refractivity contribution in [3.05, 3.63) is 71.6 Å². The molecule has 0 atom stereocenters. The van der Waals surface area contributed by atoms with Crippen LogP contribution in [-0.2, 0) is 0 Å². The molecule has 6 nitrogen and oxygen atoms in total. The quantitative estimate of drug-likeness (QED) is 0.691. The zero-order valence-electron chi connectivity index (χ0n) is 14.6. The number of rotatable bonds is 4. The van der Waals surface area contributed by atoms with Crippen molar-refractivity contribution in [2.24, 2.45) is 0 Å².